The van der Waals surface area contributed by atoms with Crippen molar-refractivity contribution in [2.24, 2.45) is 0 Å². The Kier molecular flexibility index (Phi) is 5.12. The zero-order valence-electron chi connectivity index (χ0n) is 15.7. The summed E-state index contributed by atoms with van der Waals surface area (Å²) in [6.07, 6.45) is 1.50. The number of carbonyl (C=O) groups excluding carboxylic acids is 2. The first-order valence-electron chi connectivity index (χ1n) is 9.21. The van der Waals surface area contributed by atoms with E-state index in [4.69, 9.17) is 9.47 Å². The van der Waals surface area contributed by atoms with E-state index in [1.165, 1.54) is 6.20 Å². The molecule has 1 aromatic carbocycles. The number of pyridine rings is 1. The van der Waals surface area contributed by atoms with Crippen LogP contribution < -0.4 is 14.8 Å². The second-order valence-electron chi connectivity index (χ2n) is 6.90. The van der Waals surface area contributed by atoms with Crippen molar-refractivity contribution >= 4 is 11.8 Å². The van der Waals surface area contributed by atoms with Gasteiger partial charge in [-0.3, -0.25) is 14.6 Å². The van der Waals surface area contributed by atoms with Crippen LogP contribution in [0.3, 0.4) is 0 Å². The van der Waals surface area contributed by atoms with Crippen LogP contribution in [-0.4, -0.2) is 66.6 Å². The summed E-state index contributed by atoms with van der Waals surface area (Å²) in [5, 5.41) is 2.83. The summed E-state index contributed by atoms with van der Waals surface area (Å²) >= 11 is 0. The van der Waals surface area contributed by atoms with E-state index in [-0.39, 0.29) is 24.3 Å². The molecule has 3 heterocycles. The second kappa shape index (κ2) is 7.85. The molecule has 1 fully saturated rings. The fourth-order valence-electron chi connectivity index (χ4n) is 3.20. The van der Waals surface area contributed by atoms with Gasteiger partial charge in [-0.05, 0) is 36.9 Å². The maximum Gasteiger partial charge on any atom is 0.270 e. The first-order chi connectivity index (χ1) is 13.6. The summed E-state index contributed by atoms with van der Waals surface area (Å²) < 4.78 is 10.6. The number of likely N-dealkylation sites (N-methyl/N-ethyl adjacent to an activating group) is 1. The van der Waals surface area contributed by atoms with E-state index in [0.717, 1.165) is 18.7 Å². The molecule has 0 atom stereocenters. The summed E-state index contributed by atoms with van der Waals surface area (Å²) in [5.74, 6) is 0.975. The molecule has 2 amide bonds. The number of ether oxygens (including phenoxy) is 2. The zero-order chi connectivity index (χ0) is 19.5. The number of hydrogen-bond donors (Lipinski definition) is 1. The van der Waals surface area contributed by atoms with Crippen molar-refractivity contribution in [3.8, 4) is 11.5 Å². The Bertz CT molecular complexity index is 894. The van der Waals surface area contributed by atoms with Gasteiger partial charge in [0.25, 0.3) is 11.8 Å². The summed E-state index contributed by atoms with van der Waals surface area (Å²) in [4.78, 5) is 33.3. The lowest BCUT2D eigenvalue weighted by atomic mass is 10.1. The highest BCUT2D eigenvalue weighted by molar-refractivity contribution is 5.98. The van der Waals surface area contributed by atoms with E-state index in [2.05, 4.69) is 15.2 Å². The smallest absolute Gasteiger partial charge is 0.270 e. The third-order valence-corrected chi connectivity index (χ3v) is 4.92. The molecule has 2 aliphatic heterocycles. The number of piperazine rings is 1. The van der Waals surface area contributed by atoms with Gasteiger partial charge in [0.1, 0.15) is 5.69 Å². The van der Waals surface area contributed by atoms with Gasteiger partial charge >= 0.3 is 0 Å². The van der Waals surface area contributed by atoms with Crippen molar-refractivity contribution in [2.75, 3.05) is 40.0 Å². The number of nitrogens with one attached hydrogen (secondary N) is 1. The van der Waals surface area contributed by atoms with Crippen LogP contribution in [-0.2, 0) is 6.54 Å². The molecule has 0 aliphatic carbocycles. The minimum Gasteiger partial charge on any atom is -0.454 e. The zero-order valence-corrected chi connectivity index (χ0v) is 15.7. The number of carbonyl (C=O) groups is 2. The van der Waals surface area contributed by atoms with Crippen LogP contribution in [0.1, 0.15) is 26.4 Å². The van der Waals surface area contributed by atoms with Crippen LogP contribution in [0.2, 0.25) is 0 Å². The standard InChI is InChI=1S/C20H22N4O4/c1-23-6-8-24(9-7-23)20(26)15-4-5-21-16(11-15)19(25)22-12-14-2-3-17-18(10-14)28-13-27-17/h2-5,10-11H,6-9,12-13H2,1H3,(H,22,25). The predicted octanol–water partition coefficient (Wildman–Crippen LogP) is 1.13. The first-order valence-corrected chi connectivity index (χ1v) is 9.21. The molecule has 8 heteroatoms. The molecular weight excluding hydrogens is 360 g/mol. The topological polar surface area (TPSA) is 84.0 Å². The normalized spacial score (nSPS) is 16.1. The van der Waals surface area contributed by atoms with E-state index in [9.17, 15) is 9.59 Å². The lowest BCUT2D eigenvalue weighted by Crippen LogP contribution is -2.47. The molecule has 146 valence electrons. The van der Waals surface area contributed by atoms with Gasteiger partial charge in [0.2, 0.25) is 6.79 Å². The van der Waals surface area contributed by atoms with Crippen molar-refractivity contribution in [1.29, 1.82) is 0 Å². The van der Waals surface area contributed by atoms with Crippen molar-refractivity contribution in [2.45, 2.75) is 6.54 Å². The molecule has 0 spiro atoms. The Morgan fingerprint density at radius 3 is 2.68 bits per heavy atom. The Morgan fingerprint density at radius 2 is 1.86 bits per heavy atom. The third kappa shape index (κ3) is 3.91. The number of nitrogens with zero attached hydrogens (tertiary/aromatic N) is 3. The van der Waals surface area contributed by atoms with Crippen LogP contribution in [0.5, 0.6) is 11.5 Å². The highest BCUT2D eigenvalue weighted by Gasteiger charge is 2.21. The summed E-state index contributed by atoms with van der Waals surface area (Å²) in [6.45, 7) is 3.60. The van der Waals surface area contributed by atoms with Crippen molar-refractivity contribution in [3.63, 3.8) is 0 Å². The maximum absolute atomic E-state index is 12.7. The molecule has 0 saturated carbocycles. The van der Waals surface area contributed by atoms with Gasteiger partial charge in [-0.15, -0.1) is 0 Å². The molecule has 0 unspecified atom stereocenters. The van der Waals surface area contributed by atoms with E-state index in [1.807, 2.05) is 30.1 Å². The highest BCUT2D eigenvalue weighted by Crippen LogP contribution is 2.32. The number of amides is 2. The molecule has 8 nitrogen and oxygen atoms in total. The molecule has 4 rings (SSSR count). The molecule has 1 N–H and O–H groups in total. The second-order valence-corrected chi connectivity index (χ2v) is 6.90. The van der Waals surface area contributed by atoms with Crippen LogP contribution in [0.4, 0.5) is 0 Å². The molecule has 1 saturated heterocycles. The number of fused-ring (bicyclic) bond motifs is 1. The Morgan fingerprint density at radius 1 is 1.07 bits per heavy atom. The molecule has 28 heavy (non-hydrogen) atoms. The van der Waals surface area contributed by atoms with Gasteiger partial charge in [-0.25, -0.2) is 0 Å². The average molecular weight is 382 g/mol. The van der Waals surface area contributed by atoms with Gasteiger partial charge in [0.05, 0.1) is 0 Å². The van der Waals surface area contributed by atoms with Crippen LogP contribution >= 0.6 is 0 Å². The predicted molar refractivity (Wildman–Crippen MR) is 101 cm³/mol. The lowest BCUT2D eigenvalue weighted by molar-refractivity contribution is 0.0664. The van der Waals surface area contributed by atoms with Gasteiger partial charge in [0.15, 0.2) is 11.5 Å². The monoisotopic (exact) mass is 382 g/mol. The molecule has 2 aliphatic rings. The minimum absolute atomic E-state index is 0.0691. The van der Waals surface area contributed by atoms with Crippen molar-refractivity contribution in [1.82, 2.24) is 20.1 Å². The summed E-state index contributed by atoms with van der Waals surface area (Å²) in [5.41, 5.74) is 1.59. The molecule has 0 bridgehead atoms. The molecule has 1 aromatic heterocycles. The summed E-state index contributed by atoms with van der Waals surface area (Å²) in [7, 11) is 2.04. The van der Waals surface area contributed by atoms with Crippen LogP contribution in [0.15, 0.2) is 36.5 Å². The fraction of sp³-hybridized carbons (Fsp3) is 0.350. The van der Waals surface area contributed by atoms with Gasteiger partial charge in [-0.2, -0.15) is 0 Å². The minimum atomic E-state index is -0.328. The highest BCUT2D eigenvalue weighted by atomic mass is 16.7. The van der Waals surface area contributed by atoms with Crippen LogP contribution in [0, 0.1) is 0 Å². The van der Waals surface area contributed by atoms with E-state index in [1.54, 1.807) is 12.1 Å². The van der Waals surface area contributed by atoms with Crippen LogP contribution in [0.25, 0.3) is 0 Å². The molecule has 0 radical (unpaired) electrons. The number of benzene rings is 1. The first kappa shape index (κ1) is 18.2. The summed E-state index contributed by atoms with van der Waals surface area (Å²) in [6, 6.07) is 8.72. The number of aromatic nitrogens is 1. The lowest BCUT2D eigenvalue weighted by Gasteiger charge is -2.32. The van der Waals surface area contributed by atoms with Gasteiger partial charge < -0.3 is 24.6 Å². The Labute approximate surface area is 163 Å². The number of hydrogen-bond acceptors (Lipinski definition) is 6. The average Bonchev–Trinajstić information content (AvgIpc) is 3.20. The molecular formula is C20H22N4O4. The SMILES string of the molecule is CN1CCN(C(=O)c2ccnc(C(=O)NCc3ccc4c(c3)OCO4)c2)CC1. The fourth-order valence-corrected chi connectivity index (χ4v) is 3.20. The van der Waals surface area contributed by atoms with Gasteiger partial charge in [0, 0.05) is 44.5 Å². The maximum atomic E-state index is 12.7. The molecule has 2 aromatic rings. The van der Waals surface area contributed by atoms with E-state index >= 15 is 0 Å². The van der Waals surface area contributed by atoms with Gasteiger partial charge in [-0.1, -0.05) is 6.07 Å². The van der Waals surface area contributed by atoms with Crippen molar-refractivity contribution in [3.05, 3.63) is 53.3 Å². The third-order valence-electron chi connectivity index (χ3n) is 4.92. The number of rotatable bonds is 4. The van der Waals surface area contributed by atoms with E-state index in [0.29, 0.717) is 36.7 Å². The quantitative estimate of drug-likeness (QED) is 0.853. The Balaban J connectivity index is 1.39. The van der Waals surface area contributed by atoms with Crippen molar-refractivity contribution < 1.29 is 19.1 Å². The Hall–Kier alpha value is -3.13. The van der Waals surface area contributed by atoms with E-state index < -0.39 is 0 Å². The largest absolute Gasteiger partial charge is 0.454 e.